The monoisotopic (exact) mass is 284 g/mol. The number of allylic oxidation sites excluding steroid dienone is 1. The van der Waals surface area contributed by atoms with E-state index < -0.39 is 17.7 Å². The van der Waals surface area contributed by atoms with Crippen molar-refractivity contribution in [3.05, 3.63) is 11.6 Å². The average Bonchev–Trinajstić information content (AvgIpc) is 2.65. The van der Waals surface area contributed by atoms with Gasteiger partial charge in [0.2, 0.25) is 0 Å². The van der Waals surface area contributed by atoms with Crippen LogP contribution in [-0.2, 0) is 14.3 Å². The molecule has 0 fully saturated rings. The lowest BCUT2D eigenvalue weighted by molar-refractivity contribution is -0.161. The van der Waals surface area contributed by atoms with Crippen LogP contribution in [0.2, 0.25) is 0 Å². The zero-order valence-corrected chi connectivity index (χ0v) is 13.4. The number of rotatable bonds is 7. The minimum Gasteiger partial charge on any atom is -0.461 e. The van der Waals surface area contributed by atoms with E-state index in [9.17, 15) is 4.79 Å². The SMILES string of the molecule is C[C@H](O)C(=O)OCC(C)(C)OCCC1=CCC(C)(C)C1. The second-order valence-electron chi connectivity index (χ2n) is 7.05. The molecule has 0 aromatic carbocycles. The molecule has 0 aliphatic heterocycles. The van der Waals surface area contributed by atoms with Crippen LogP contribution in [0.5, 0.6) is 0 Å². The normalized spacial score (nSPS) is 19.6. The molecule has 0 aromatic heterocycles. The van der Waals surface area contributed by atoms with Crippen molar-refractivity contribution in [1.82, 2.24) is 0 Å². The molecule has 20 heavy (non-hydrogen) atoms. The first kappa shape index (κ1) is 17.2. The Kier molecular flexibility index (Phi) is 5.78. The molecule has 1 N–H and O–H groups in total. The Morgan fingerprint density at radius 1 is 1.50 bits per heavy atom. The number of esters is 1. The molecule has 0 heterocycles. The van der Waals surface area contributed by atoms with Crippen molar-refractivity contribution in [2.45, 2.75) is 65.6 Å². The third kappa shape index (κ3) is 6.06. The number of aliphatic hydroxyl groups is 1. The standard InChI is InChI=1S/C16H28O4/c1-12(17)14(18)19-11-16(4,5)20-9-7-13-6-8-15(2,3)10-13/h6,12,17H,7-11H2,1-5H3/t12-/m0/s1. The van der Waals surface area contributed by atoms with Gasteiger partial charge < -0.3 is 14.6 Å². The molecule has 1 aliphatic rings. The third-order valence-corrected chi connectivity index (χ3v) is 3.47. The predicted octanol–water partition coefficient (Wildman–Crippen LogP) is 2.84. The second-order valence-corrected chi connectivity index (χ2v) is 7.05. The lowest BCUT2D eigenvalue weighted by Crippen LogP contribution is -2.34. The van der Waals surface area contributed by atoms with E-state index in [-0.39, 0.29) is 6.61 Å². The Morgan fingerprint density at radius 2 is 2.15 bits per heavy atom. The lowest BCUT2D eigenvalue weighted by atomic mass is 9.89. The fourth-order valence-corrected chi connectivity index (χ4v) is 2.24. The fourth-order valence-electron chi connectivity index (χ4n) is 2.24. The summed E-state index contributed by atoms with van der Waals surface area (Å²) in [5.74, 6) is -0.609. The minimum atomic E-state index is -1.09. The molecule has 1 rings (SSSR count). The molecule has 4 nitrogen and oxygen atoms in total. The van der Waals surface area contributed by atoms with E-state index in [0.29, 0.717) is 12.0 Å². The molecule has 0 aromatic rings. The van der Waals surface area contributed by atoms with Crippen molar-refractivity contribution in [2.75, 3.05) is 13.2 Å². The summed E-state index contributed by atoms with van der Waals surface area (Å²) in [5.41, 5.74) is 1.31. The smallest absolute Gasteiger partial charge is 0.334 e. The summed E-state index contributed by atoms with van der Waals surface area (Å²) < 4.78 is 10.8. The van der Waals surface area contributed by atoms with Crippen molar-refractivity contribution < 1.29 is 19.4 Å². The maximum absolute atomic E-state index is 11.2. The van der Waals surface area contributed by atoms with Gasteiger partial charge in [-0.2, -0.15) is 0 Å². The molecule has 0 saturated heterocycles. The highest BCUT2D eigenvalue weighted by Gasteiger charge is 2.26. The number of carbonyl (C=O) groups is 1. The fraction of sp³-hybridized carbons (Fsp3) is 0.812. The van der Waals surface area contributed by atoms with Gasteiger partial charge in [-0.25, -0.2) is 4.79 Å². The van der Waals surface area contributed by atoms with Gasteiger partial charge >= 0.3 is 5.97 Å². The molecule has 116 valence electrons. The molecule has 0 radical (unpaired) electrons. The van der Waals surface area contributed by atoms with E-state index in [1.54, 1.807) is 0 Å². The zero-order valence-electron chi connectivity index (χ0n) is 13.4. The van der Waals surface area contributed by atoms with Crippen LogP contribution in [0.4, 0.5) is 0 Å². The van der Waals surface area contributed by atoms with Gasteiger partial charge in [0, 0.05) is 0 Å². The van der Waals surface area contributed by atoms with Gasteiger partial charge in [-0.3, -0.25) is 0 Å². The Hall–Kier alpha value is -0.870. The second kappa shape index (κ2) is 6.72. The van der Waals surface area contributed by atoms with Gasteiger partial charge in [0.05, 0.1) is 12.2 Å². The summed E-state index contributed by atoms with van der Waals surface area (Å²) in [6.45, 7) is 10.5. The topological polar surface area (TPSA) is 55.8 Å². The van der Waals surface area contributed by atoms with Crippen LogP contribution in [0.1, 0.15) is 53.9 Å². The van der Waals surface area contributed by atoms with Crippen LogP contribution in [-0.4, -0.2) is 36.0 Å². The minimum absolute atomic E-state index is 0.154. The van der Waals surface area contributed by atoms with Gasteiger partial charge in [0.15, 0.2) is 0 Å². The van der Waals surface area contributed by atoms with Crippen LogP contribution in [0, 0.1) is 5.41 Å². The summed E-state index contributed by atoms with van der Waals surface area (Å²) in [6, 6.07) is 0. The van der Waals surface area contributed by atoms with Gasteiger partial charge in [-0.05, 0) is 45.4 Å². The van der Waals surface area contributed by atoms with Gasteiger partial charge in [0.25, 0.3) is 0 Å². The quantitative estimate of drug-likeness (QED) is 0.577. The van der Waals surface area contributed by atoms with Crippen LogP contribution >= 0.6 is 0 Å². The molecular formula is C16H28O4. The van der Waals surface area contributed by atoms with E-state index in [2.05, 4.69) is 19.9 Å². The lowest BCUT2D eigenvalue weighted by Gasteiger charge is -2.25. The van der Waals surface area contributed by atoms with E-state index in [0.717, 1.165) is 19.3 Å². The first-order chi connectivity index (χ1) is 9.11. The van der Waals surface area contributed by atoms with Crippen molar-refractivity contribution in [3.63, 3.8) is 0 Å². The summed E-state index contributed by atoms with van der Waals surface area (Å²) in [7, 11) is 0. The molecule has 0 unspecified atom stereocenters. The molecule has 0 bridgehead atoms. The van der Waals surface area contributed by atoms with Crippen LogP contribution < -0.4 is 0 Å². The summed E-state index contributed by atoms with van der Waals surface area (Å²) >= 11 is 0. The molecule has 1 atom stereocenters. The van der Waals surface area contributed by atoms with Crippen molar-refractivity contribution >= 4 is 5.97 Å². The maximum Gasteiger partial charge on any atom is 0.334 e. The largest absolute Gasteiger partial charge is 0.461 e. The molecule has 0 amide bonds. The number of hydrogen-bond donors (Lipinski definition) is 1. The average molecular weight is 284 g/mol. The highest BCUT2D eigenvalue weighted by atomic mass is 16.6. The van der Waals surface area contributed by atoms with E-state index in [1.807, 2.05) is 13.8 Å². The number of hydrogen-bond acceptors (Lipinski definition) is 4. The summed E-state index contributed by atoms with van der Waals surface area (Å²) in [6.07, 6.45) is 4.42. The van der Waals surface area contributed by atoms with Crippen LogP contribution in [0.25, 0.3) is 0 Å². The van der Waals surface area contributed by atoms with Gasteiger partial charge in [-0.1, -0.05) is 25.5 Å². The Balaban J connectivity index is 2.25. The molecule has 4 heteroatoms. The Morgan fingerprint density at radius 3 is 2.65 bits per heavy atom. The van der Waals surface area contributed by atoms with Gasteiger partial charge in [0.1, 0.15) is 12.7 Å². The number of ether oxygens (including phenoxy) is 2. The number of aliphatic hydroxyl groups excluding tert-OH is 1. The van der Waals surface area contributed by atoms with Crippen LogP contribution in [0.3, 0.4) is 0 Å². The first-order valence-corrected chi connectivity index (χ1v) is 7.28. The number of carbonyl (C=O) groups excluding carboxylic acids is 1. The van der Waals surface area contributed by atoms with Gasteiger partial charge in [-0.15, -0.1) is 0 Å². The summed E-state index contributed by atoms with van der Waals surface area (Å²) in [5, 5.41) is 9.06. The predicted molar refractivity (Wildman–Crippen MR) is 78.4 cm³/mol. The highest BCUT2D eigenvalue weighted by molar-refractivity contribution is 5.73. The van der Waals surface area contributed by atoms with Crippen molar-refractivity contribution in [1.29, 1.82) is 0 Å². The van der Waals surface area contributed by atoms with E-state index >= 15 is 0 Å². The first-order valence-electron chi connectivity index (χ1n) is 7.28. The Labute approximate surface area is 122 Å². The van der Waals surface area contributed by atoms with E-state index in [4.69, 9.17) is 14.6 Å². The molecule has 1 aliphatic carbocycles. The molecule has 0 saturated carbocycles. The molecular weight excluding hydrogens is 256 g/mol. The van der Waals surface area contributed by atoms with E-state index in [1.165, 1.54) is 12.5 Å². The highest BCUT2D eigenvalue weighted by Crippen LogP contribution is 2.37. The van der Waals surface area contributed by atoms with Crippen LogP contribution in [0.15, 0.2) is 11.6 Å². The Bertz CT molecular complexity index is 367. The maximum atomic E-state index is 11.2. The summed E-state index contributed by atoms with van der Waals surface area (Å²) in [4.78, 5) is 11.2. The van der Waals surface area contributed by atoms with Crippen molar-refractivity contribution in [3.8, 4) is 0 Å². The van der Waals surface area contributed by atoms with Crippen molar-refractivity contribution in [2.24, 2.45) is 5.41 Å². The molecule has 0 spiro atoms. The third-order valence-electron chi connectivity index (χ3n) is 3.47. The zero-order chi connectivity index (χ0) is 15.4.